The van der Waals surface area contributed by atoms with Gasteiger partial charge in [0.1, 0.15) is 0 Å². The smallest absolute Gasteiger partial charge is 0.244 e. The van der Waals surface area contributed by atoms with Crippen molar-refractivity contribution in [2.45, 2.75) is 64.1 Å². The molecule has 4 heteroatoms. The van der Waals surface area contributed by atoms with Crippen LogP contribution in [0.2, 0.25) is 0 Å². The molecule has 1 saturated carbocycles. The summed E-state index contributed by atoms with van der Waals surface area (Å²) in [6, 6.07) is 0. The van der Waals surface area contributed by atoms with Crippen molar-refractivity contribution in [3.8, 4) is 0 Å². The number of carbonyl (C=O) groups excluding carboxylic acids is 1. The van der Waals surface area contributed by atoms with Crippen LogP contribution in [-0.4, -0.2) is 54.1 Å². The molecule has 3 rings (SSSR count). The second-order valence-electron chi connectivity index (χ2n) is 7.95. The maximum Gasteiger partial charge on any atom is 0.244 e. The first kappa shape index (κ1) is 15.3. The van der Waals surface area contributed by atoms with Gasteiger partial charge in [0, 0.05) is 13.1 Å². The lowest BCUT2D eigenvalue weighted by atomic mass is 9.97. The number of nitrogens with zero attached hydrogens (tertiary/aromatic N) is 2. The summed E-state index contributed by atoms with van der Waals surface area (Å²) in [5.41, 5.74) is -0.204. The second kappa shape index (κ2) is 5.88. The van der Waals surface area contributed by atoms with Gasteiger partial charge in [-0.05, 0) is 51.1 Å². The van der Waals surface area contributed by atoms with E-state index in [0.29, 0.717) is 17.7 Å². The van der Waals surface area contributed by atoms with E-state index in [1.807, 2.05) is 0 Å². The predicted octanol–water partition coefficient (Wildman–Crippen LogP) is 2.05. The molecular formula is C17H31N3O. The molecule has 0 bridgehead atoms. The number of hydrogen-bond donors (Lipinski definition) is 1. The predicted molar refractivity (Wildman–Crippen MR) is 84.9 cm³/mol. The molecule has 2 atom stereocenters. The van der Waals surface area contributed by atoms with Gasteiger partial charge < -0.3 is 9.80 Å². The van der Waals surface area contributed by atoms with Gasteiger partial charge in [0.2, 0.25) is 5.91 Å². The number of rotatable bonds is 4. The van der Waals surface area contributed by atoms with Gasteiger partial charge in [0.25, 0.3) is 0 Å². The lowest BCUT2D eigenvalue weighted by Crippen LogP contribution is -2.45. The second-order valence-corrected chi connectivity index (χ2v) is 7.95. The highest BCUT2D eigenvalue weighted by atomic mass is 16.2. The zero-order chi connectivity index (χ0) is 15.0. The van der Waals surface area contributed by atoms with Gasteiger partial charge >= 0.3 is 0 Å². The van der Waals surface area contributed by atoms with Gasteiger partial charge in [-0.1, -0.05) is 26.7 Å². The molecule has 0 radical (unpaired) electrons. The van der Waals surface area contributed by atoms with Crippen LogP contribution < -0.4 is 5.32 Å². The molecule has 2 aliphatic heterocycles. The minimum absolute atomic E-state index is 0.204. The molecule has 4 nitrogen and oxygen atoms in total. The fourth-order valence-electron chi connectivity index (χ4n) is 4.51. The topological polar surface area (TPSA) is 35.6 Å². The summed E-state index contributed by atoms with van der Waals surface area (Å²) in [6.45, 7) is 7.79. The minimum atomic E-state index is -0.204. The van der Waals surface area contributed by atoms with Gasteiger partial charge in [0.05, 0.1) is 11.7 Å². The Hall–Kier alpha value is -0.610. The van der Waals surface area contributed by atoms with Crippen LogP contribution in [0.5, 0.6) is 0 Å². The Morgan fingerprint density at radius 2 is 2.05 bits per heavy atom. The molecule has 0 aromatic rings. The number of amides is 1. The highest BCUT2D eigenvalue weighted by molar-refractivity contribution is 5.89. The quantitative estimate of drug-likeness (QED) is 0.862. The summed E-state index contributed by atoms with van der Waals surface area (Å²) >= 11 is 0. The fourth-order valence-corrected chi connectivity index (χ4v) is 4.51. The average molecular weight is 293 g/mol. The van der Waals surface area contributed by atoms with Crippen molar-refractivity contribution in [2.24, 2.45) is 11.8 Å². The largest absolute Gasteiger partial charge is 0.325 e. The summed E-state index contributed by atoms with van der Waals surface area (Å²) in [4.78, 5) is 17.6. The van der Waals surface area contributed by atoms with E-state index in [0.717, 1.165) is 32.4 Å². The standard InChI is InChI=1S/C17H31N3O/c1-13(2)10-15-18-17(7-4-5-8-17)16(21)20(15)12-14-6-9-19(3)11-14/h13-15,18H,4-12H2,1-3H3. The summed E-state index contributed by atoms with van der Waals surface area (Å²) in [7, 11) is 2.19. The molecule has 1 aliphatic carbocycles. The molecule has 0 aromatic heterocycles. The summed E-state index contributed by atoms with van der Waals surface area (Å²) in [5, 5.41) is 3.75. The van der Waals surface area contributed by atoms with Crippen LogP contribution in [-0.2, 0) is 4.79 Å². The van der Waals surface area contributed by atoms with Crippen LogP contribution in [0.1, 0.15) is 52.4 Å². The fraction of sp³-hybridized carbons (Fsp3) is 0.941. The van der Waals surface area contributed by atoms with Crippen molar-refractivity contribution in [1.29, 1.82) is 0 Å². The molecule has 1 amide bonds. The van der Waals surface area contributed by atoms with Gasteiger partial charge in [0.15, 0.2) is 0 Å². The van der Waals surface area contributed by atoms with Gasteiger partial charge in [-0.3, -0.25) is 10.1 Å². The van der Waals surface area contributed by atoms with Crippen molar-refractivity contribution in [3.63, 3.8) is 0 Å². The molecule has 21 heavy (non-hydrogen) atoms. The third kappa shape index (κ3) is 2.98. The zero-order valence-electron chi connectivity index (χ0n) is 13.9. The molecule has 120 valence electrons. The number of carbonyl (C=O) groups is 1. The van der Waals surface area contributed by atoms with E-state index in [-0.39, 0.29) is 11.7 Å². The zero-order valence-corrected chi connectivity index (χ0v) is 13.9. The van der Waals surface area contributed by atoms with Crippen molar-refractivity contribution in [1.82, 2.24) is 15.1 Å². The molecule has 1 N–H and O–H groups in total. The molecule has 2 heterocycles. The van der Waals surface area contributed by atoms with Crippen molar-refractivity contribution in [2.75, 3.05) is 26.7 Å². The Balaban J connectivity index is 1.72. The third-order valence-corrected chi connectivity index (χ3v) is 5.58. The summed E-state index contributed by atoms with van der Waals surface area (Å²) < 4.78 is 0. The minimum Gasteiger partial charge on any atom is -0.325 e. The lowest BCUT2D eigenvalue weighted by molar-refractivity contribution is -0.133. The van der Waals surface area contributed by atoms with Crippen LogP contribution in [0.4, 0.5) is 0 Å². The summed E-state index contributed by atoms with van der Waals surface area (Å²) in [6.07, 6.45) is 7.07. The normalized spacial score (nSPS) is 33.0. The van der Waals surface area contributed by atoms with Crippen LogP contribution in [0.3, 0.4) is 0 Å². The van der Waals surface area contributed by atoms with E-state index in [2.05, 4.69) is 36.0 Å². The van der Waals surface area contributed by atoms with Crippen molar-refractivity contribution < 1.29 is 4.79 Å². The monoisotopic (exact) mass is 293 g/mol. The molecule has 1 spiro atoms. The van der Waals surface area contributed by atoms with E-state index in [1.54, 1.807) is 0 Å². The van der Waals surface area contributed by atoms with Crippen LogP contribution in [0, 0.1) is 11.8 Å². The highest BCUT2D eigenvalue weighted by Gasteiger charge is 2.52. The Labute approximate surface area is 129 Å². The van der Waals surface area contributed by atoms with E-state index in [9.17, 15) is 4.79 Å². The van der Waals surface area contributed by atoms with Crippen molar-refractivity contribution in [3.05, 3.63) is 0 Å². The summed E-state index contributed by atoms with van der Waals surface area (Å²) in [5.74, 6) is 1.69. The maximum atomic E-state index is 13.0. The molecule has 2 unspecified atom stereocenters. The van der Waals surface area contributed by atoms with Crippen LogP contribution >= 0.6 is 0 Å². The SMILES string of the molecule is CC(C)CC1NC2(CCCC2)C(=O)N1CC1CCN(C)C1. The number of hydrogen-bond acceptors (Lipinski definition) is 3. The van der Waals surface area contributed by atoms with Gasteiger partial charge in [-0.25, -0.2) is 0 Å². The van der Waals surface area contributed by atoms with E-state index >= 15 is 0 Å². The molecule has 0 aromatic carbocycles. The lowest BCUT2D eigenvalue weighted by Gasteiger charge is -2.28. The van der Waals surface area contributed by atoms with Crippen LogP contribution in [0.25, 0.3) is 0 Å². The van der Waals surface area contributed by atoms with Gasteiger partial charge in [-0.2, -0.15) is 0 Å². The Morgan fingerprint density at radius 3 is 2.62 bits per heavy atom. The molecule has 2 saturated heterocycles. The van der Waals surface area contributed by atoms with Crippen LogP contribution in [0.15, 0.2) is 0 Å². The number of likely N-dealkylation sites (tertiary alicyclic amines) is 1. The first-order valence-corrected chi connectivity index (χ1v) is 8.77. The van der Waals surface area contributed by atoms with Gasteiger partial charge in [-0.15, -0.1) is 0 Å². The van der Waals surface area contributed by atoms with E-state index in [1.165, 1.54) is 25.8 Å². The van der Waals surface area contributed by atoms with E-state index in [4.69, 9.17) is 0 Å². The first-order valence-electron chi connectivity index (χ1n) is 8.77. The molecule has 3 fully saturated rings. The number of nitrogens with one attached hydrogen (secondary N) is 1. The highest BCUT2D eigenvalue weighted by Crippen LogP contribution is 2.38. The van der Waals surface area contributed by atoms with E-state index < -0.39 is 0 Å². The molecular weight excluding hydrogens is 262 g/mol. The average Bonchev–Trinajstić information content (AvgIpc) is 3.08. The third-order valence-electron chi connectivity index (χ3n) is 5.58. The Kier molecular flexibility index (Phi) is 4.28. The van der Waals surface area contributed by atoms with Crippen molar-refractivity contribution >= 4 is 5.91 Å². The maximum absolute atomic E-state index is 13.0. The Bertz CT molecular complexity index is 389. The first-order chi connectivity index (χ1) is 10.00. The Morgan fingerprint density at radius 1 is 1.33 bits per heavy atom. The molecule has 3 aliphatic rings.